The van der Waals surface area contributed by atoms with Crippen LogP contribution in [0.2, 0.25) is 0 Å². The third-order valence-corrected chi connectivity index (χ3v) is 2.68. The van der Waals surface area contributed by atoms with Crippen LogP contribution in [0.4, 0.5) is 4.39 Å². The summed E-state index contributed by atoms with van der Waals surface area (Å²) in [5.41, 5.74) is 0.208. The Bertz CT molecular complexity index is 421. The van der Waals surface area contributed by atoms with Gasteiger partial charge in [0.25, 0.3) is 5.91 Å². The zero-order valence-corrected chi connectivity index (χ0v) is 10.8. The van der Waals surface area contributed by atoms with Crippen molar-refractivity contribution < 1.29 is 19.0 Å². The molecule has 0 bridgehead atoms. The molecular weight excluding hydrogens is 237 g/mol. The van der Waals surface area contributed by atoms with Gasteiger partial charge in [-0.05, 0) is 26.0 Å². The summed E-state index contributed by atoms with van der Waals surface area (Å²) in [4.78, 5) is 13.0. The number of amides is 1. The molecule has 1 atom stereocenters. The summed E-state index contributed by atoms with van der Waals surface area (Å²) in [6.07, 6.45) is -0.869. The summed E-state index contributed by atoms with van der Waals surface area (Å²) >= 11 is 0. The fourth-order valence-corrected chi connectivity index (χ4v) is 1.37. The molecule has 0 saturated carbocycles. The molecule has 1 aromatic carbocycles. The van der Waals surface area contributed by atoms with Crippen molar-refractivity contribution in [3.8, 4) is 5.75 Å². The summed E-state index contributed by atoms with van der Waals surface area (Å²) in [5, 5.41) is 9.28. The molecule has 0 aliphatic rings. The molecule has 0 saturated heterocycles. The second kappa shape index (κ2) is 6.35. The van der Waals surface area contributed by atoms with E-state index in [1.165, 1.54) is 30.0 Å². The van der Waals surface area contributed by atoms with E-state index in [-0.39, 0.29) is 23.8 Å². The first-order chi connectivity index (χ1) is 8.45. The average Bonchev–Trinajstić information content (AvgIpc) is 2.34. The van der Waals surface area contributed by atoms with Gasteiger partial charge in [-0.25, -0.2) is 4.39 Å². The molecule has 0 aliphatic heterocycles. The number of aliphatic hydroxyl groups is 1. The molecule has 1 rings (SSSR count). The van der Waals surface area contributed by atoms with Gasteiger partial charge in [-0.1, -0.05) is 0 Å². The van der Waals surface area contributed by atoms with Gasteiger partial charge in [-0.2, -0.15) is 0 Å². The van der Waals surface area contributed by atoms with Crippen LogP contribution in [0.3, 0.4) is 0 Å². The Hall–Kier alpha value is -1.62. The lowest BCUT2D eigenvalue weighted by Gasteiger charge is -2.15. The number of ether oxygens (including phenoxy) is 1. The molecule has 1 aromatic rings. The summed E-state index contributed by atoms with van der Waals surface area (Å²) in [6, 6.07) is 4.15. The van der Waals surface area contributed by atoms with Crippen LogP contribution in [0.1, 0.15) is 25.5 Å². The van der Waals surface area contributed by atoms with Crippen LogP contribution < -0.4 is 4.74 Å². The number of rotatable bonds is 5. The predicted octanol–water partition coefficient (Wildman–Crippen LogP) is 1.74. The van der Waals surface area contributed by atoms with E-state index in [4.69, 9.17) is 4.74 Å². The number of aliphatic hydroxyl groups excluding tert-OH is 1. The highest BCUT2D eigenvalue weighted by Gasteiger charge is 2.11. The zero-order valence-electron chi connectivity index (χ0n) is 10.8. The normalized spacial score (nSPS) is 12.1. The van der Waals surface area contributed by atoms with Gasteiger partial charge in [0.2, 0.25) is 0 Å². The largest absolute Gasteiger partial charge is 0.484 e. The summed E-state index contributed by atoms with van der Waals surface area (Å²) in [5.74, 6) is -0.439. The number of nitrogens with zero attached hydrogens (tertiary/aromatic N) is 1. The van der Waals surface area contributed by atoms with Gasteiger partial charge in [0.05, 0.1) is 6.10 Å². The van der Waals surface area contributed by atoms with Crippen LogP contribution in [-0.2, 0) is 4.79 Å². The smallest absolute Gasteiger partial charge is 0.260 e. The quantitative estimate of drug-likeness (QED) is 0.871. The number of hydrogen-bond donors (Lipinski definition) is 1. The second-order valence-electron chi connectivity index (χ2n) is 4.06. The molecule has 0 fully saturated rings. The fraction of sp³-hybridized carbons (Fsp3) is 0.462. The van der Waals surface area contributed by atoms with Gasteiger partial charge in [-0.15, -0.1) is 0 Å². The standard InChI is InChI=1S/C13H18FNO3/c1-4-15(3)13(17)8-18-10-5-6-11(9(2)16)12(14)7-10/h5-7,9,16H,4,8H2,1-3H3. The minimum Gasteiger partial charge on any atom is -0.484 e. The van der Waals surface area contributed by atoms with Crippen molar-refractivity contribution in [3.05, 3.63) is 29.6 Å². The lowest BCUT2D eigenvalue weighted by Crippen LogP contribution is -2.31. The maximum absolute atomic E-state index is 13.5. The second-order valence-corrected chi connectivity index (χ2v) is 4.06. The molecule has 100 valence electrons. The molecule has 1 amide bonds. The molecule has 0 spiro atoms. The Morgan fingerprint density at radius 3 is 2.72 bits per heavy atom. The van der Waals surface area contributed by atoms with Crippen molar-refractivity contribution in [3.63, 3.8) is 0 Å². The Morgan fingerprint density at radius 2 is 2.22 bits per heavy atom. The number of carbonyl (C=O) groups excluding carboxylic acids is 1. The summed E-state index contributed by atoms with van der Waals surface area (Å²) in [7, 11) is 1.67. The first-order valence-corrected chi connectivity index (χ1v) is 5.80. The molecule has 5 heteroatoms. The van der Waals surface area contributed by atoms with Crippen molar-refractivity contribution in [1.82, 2.24) is 4.90 Å². The number of halogens is 1. The van der Waals surface area contributed by atoms with E-state index in [0.717, 1.165) is 0 Å². The number of benzene rings is 1. The van der Waals surface area contributed by atoms with Crippen LogP contribution in [0.5, 0.6) is 5.75 Å². The first kappa shape index (κ1) is 14.4. The van der Waals surface area contributed by atoms with Crippen molar-refractivity contribution in [2.24, 2.45) is 0 Å². The Labute approximate surface area is 106 Å². The Morgan fingerprint density at radius 1 is 1.56 bits per heavy atom. The van der Waals surface area contributed by atoms with Crippen LogP contribution in [0.15, 0.2) is 18.2 Å². The van der Waals surface area contributed by atoms with Gasteiger partial charge in [0, 0.05) is 25.2 Å². The van der Waals surface area contributed by atoms with Crippen molar-refractivity contribution in [2.45, 2.75) is 20.0 Å². The highest BCUT2D eigenvalue weighted by Crippen LogP contribution is 2.21. The van der Waals surface area contributed by atoms with Gasteiger partial charge in [0.1, 0.15) is 11.6 Å². The molecule has 1 N–H and O–H groups in total. The van der Waals surface area contributed by atoms with Crippen LogP contribution >= 0.6 is 0 Å². The molecule has 4 nitrogen and oxygen atoms in total. The van der Waals surface area contributed by atoms with E-state index < -0.39 is 11.9 Å². The monoisotopic (exact) mass is 255 g/mol. The van der Waals surface area contributed by atoms with Gasteiger partial charge in [0.15, 0.2) is 6.61 Å². The van der Waals surface area contributed by atoms with Crippen molar-refractivity contribution in [1.29, 1.82) is 0 Å². The fourth-order valence-electron chi connectivity index (χ4n) is 1.37. The average molecular weight is 255 g/mol. The maximum Gasteiger partial charge on any atom is 0.260 e. The molecule has 0 aliphatic carbocycles. The topological polar surface area (TPSA) is 49.8 Å². The molecule has 0 aromatic heterocycles. The predicted molar refractivity (Wildman–Crippen MR) is 65.8 cm³/mol. The SMILES string of the molecule is CCN(C)C(=O)COc1ccc(C(C)O)c(F)c1. The number of carbonyl (C=O) groups is 1. The lowest BCUT2D eigenvalue weighted by atomic mass is 10.1. The van der Waals surface area contributed by atoms with E-state index in [9.17, 15) is 14.3 Å². The zero-order chi connectivity index (χ0) is 13.7. The van der Waals surface area contributed by atoms with Crippen LogP contribution in [0.25, 0.3) is 0 Å². The van der Waals surface area contributed by atoms with E-state index in [0.29, 0.717) is 6.54 Å². The van der Waals surface area contributed by atoms with E-state index >= 15 is 0 Å². The molecule has 1 unspecified atom stereocenters. The van der Waals surface area contributed by atoms with Crippen molar-refractivity contribution >= 4 is 5.91 Å². The lowest BCUT2D eigenvalue weighted by molar-refractivity contribution is -0.131. The third-order valence-electron chi connectivity index (χ3n) is 2.68. The van der Waals surface area contributed by atoms with Crippen LogP contribution in [0, 0.1) is 5.82 Å². The number of likely N-dealkylation sites (N-methyl/N-ethyl adjacent to an activating group) is 1. The first-order valence-electron chi connectivity index (χ1n) is 5.80. The minimum atomic E-state index is -0.869. The van der Waals surface area contributed by atoms with Crippen LogP contribution in [-0.4, -0.2) is 36.1 Å². The van der Waals surface area contributed by atoms with E-state index in [2.05, 4.69) is 0 Å². The number of hydrogen-bond acceptors (Lipinski definition) is 3. The van der Waals surface area contributed by atoms with Gasteiger partial charge >= 0.3 is 0 Å². The van der Waals surface area contributed by atoms with E-state index in [1.807, 2.05) is 6.92 Å². The molecule has 0 heterocycles. The van der Waals surface area contributed by atoms with E-state index in [1.54, 1.807) is 7.05 Å². The molecular formula is C13H18FNO3. The highest BCUT2D eigenvalue weighted by molar-refractivity contribution is 5.77. The molecule has 0 radical (unpaired) electrons. The summed E-state index contributed by atoms with van der Waals surface area (Å²) in [6.45, 7) is 3.81. The Kier molecular flexibility index (Phi) is 5.09. The van der Waals surface area contributed by atoms with Gasteiger partial charge in [-0.3, -0.25) is 4.79 Å². The summed E-state index contributed by atoms with van der Waals surface area (Å²) < 4.78 is 18.7. The maximum atomic E-state index is 13.5. The molecule has 18 heavy (non-hydrogen) atoms. The van der Waals surface area contributed by atoms with Gasteiger partial charge < -0.3 is 14.7 Å². The third kappa shape index (κ3) is 3.70. The van der Waals surface area contributed by atoms with Crippen molar-refractivity contribution in [2.75, 3.05) is 20.2 Å². The minimum absolute atomic E-state index is 0.127. The highest BCUT2D eigenvalue weighted by atomic mass is 19.1. The Balaban J connectivity index is 2.64.